The lowest BCUT2D eigenvalue weighted by molar-refractivity contribution is -0.121. The Morgan fingerprint density at radius 1 is 1.33 bits per heavy atom. The first-order valence-corrected chi connectivity index (χ1v) is 8.95. The number of hydrogen-bond acceptors (Lipinski definition) is 8. The predicted molar refractivity (Wildman–Crippen MR) is 96.1 cm³/mol. The van der Waals surface area contributed by atoms with E-state index in [0.29, 0.717) is 29.0 Å². The molecule has 3 amide bonds. The summed E-state index contributed by atoms with van der Waals surface area (Å²) in [4.78, 5) is 42.8. The summed E-state index contributed by atoms with van der Waals surface area (Å²) in [5, 5.41) is 15.0. The monoisotopic (exact) mass is 388 g/mol. The Morgan fingerprint density at radius 2 is 2.19 bits per heavy atom. The molecule has 3 rings (SSSR count). The lowest BCUT2D eigenvalue weighted by Crippen LogP contribution is -2.24. The lowest BCUT2D eigenvalue weighted by Gasteiger charge is -2.08. The summed E-state index contributed by atoms with van der Waals surface area (Å²) < 4.78 is 5.17. The van der Waals surface area contributed by atoms with Gasteiger partial charge in [0, 0.05) is 31.0 Å². The SMILES string of the molecule is Cc1nnc(CNC(=O)CCc2csc(NC(=O)C3C=CC(=O)N=C3)n2)o1. The van der Waals surface area contributed by atoms with Crippen LogP contribution in [0.15, 0.2) is 26.9 Å². The summed E-state index contributed by atoms with van der Waals surface area (Å²) in [5.41, 5.74) is 0.696. The Bertz CT molecular complexity index is 900. The van der Waals surface area contributed by atoms with Gasteiger partial charge in [-0.1, -0.05) is 6.08 Å². The Morgan fingerprint density at radius 3 is 2.89 bits per heavy atom. The van der Waals surface area contributed by atoms with Gasteiger partial charge in [-0.25, -0.2) is 9.98 Å². The van der Waals surface area contributed by atoms with Gasteiger partial charge in [0.25, 0.3) is 5.91 Å². The van der Waals surface area contributed by atoms with Gasteiger partial charge in [0.2, 0.25) is 23.6 Å². The van der Waals surface area contributed by atoms with Crippen molar-refractivity contribution in [2.75, 3.05) is 5.32 Å². The molecular formula is C16H16N6O4S. The standard InChI is InChI=1S/C16H16N6O4S/c1-9-21-22-14(26-9)7-18-13(24)5-3-11-8-27-16(19-11)20-15(25)10-2-4-12(23)17-6-10/h2,4,6,8,10H,3,5,7H2,1H3,(H,18,24)(H,19,20,25). The number of carbonyl (C=O) groups excluding carboxylic acids is 3. The Labute approximate surface area is 157 Å². The normalized spacial score (nSPS) is 15.7. The van der Waals surface area contributed by atoms with Crippen LogP contribution in [0.4, 0.5) is 5.13 Å². The maximum atomic E-state index is 12.1. The molecule has 10 nitrogen and oxygen atoms in total. The van der Waals surface area contributed by atoms with Gasteiger partial charge in [0.05, 0.1) is 18.2 Å². The third-order valence-electron chi connectivity index (χ3n) is 3.51. The third kappa shape index (κ3) is 5.38. The van der Waals surface area contributed by atoms with Crippen molar-refractivity contribution >= 4 is 40.4 Å². The topological polar surface area (TPSA) is 139 Å². The smallest absolute Gasteiger partial charge is 0.269 e. The number of aliphatic imine (C=N–C) groups is 1. The van der Waals surface area contributed by atoms with E-state index in [9.17, 15) is 14.4 Å². The highest BCUT2D eigenvalue weighted by molar-refractivity contribution is 7.13. The first-order valence-electron chi connectivity index (χ1n) is 8.07. The van der Waals surface area contributed by atoms with E-state index in [-0.39, 0.29) is 30.7 Å². The van der Waals surface area contributed by atoms with Gasteiger partial charge in [0.15, 0.2) is 5.13 Å². The van der Waals surface area contributed by atoms with Gasteiger partial charge >= 0.3 is 0 Å². The molecule has 2 N–H and O–H groups in total. The minimum Gasteiger partial charge on any atom is -0.424 e. The maximum absolute atomic E-state index is 12.1. The zero-order chi connectivity index (χ0) is 19.2. The maximum Gasteiger partial charge on any atom is 0.269 e. The van der Waals surface area contributed by atoms with Crippen LogP contribution in [0.25, 0.3) is 0 Å². The highest BCUT2D eigenvalue weighted by atomic mass is 32.1. The Kier molecular flexibility index (Phi) is 5.81. The molecule has 2 aromatic rings. The second-order valence-electron chi connectivity index (χ2n) is 5.63. The molecule has 0 saturated heterocycles. The second kappa shape index (κ2) is 8.45. The summed E-state index contributed by atoms with van der Waals surface area (Å²) in [5.74, 6) is -0.690. The summed E-state index contributed by atoms with van der Waals surface area (Å²) in [6.07, 6.45) is 4.70. The van der Waals surface area contributed by atoms with Crippen LogP contribution in [0.1, 0.15) is 23.9 Å². The molecule has 2 aromatic heterocycles. The number of dihydropyridines is 1. The number of aryl methyl sites for hydroxylation is 2. The average molecular weight is 388 g/mol. The number of nitrogens with zero attached hydrogens (tertiary/aromatic N) is 4. The molecule has 0 saturated carbocycles. The molecule has 0 aliphatic carbocycles. The Balaban J connectivity index is 1.43. The van der Waals surface area contributed by atoms with E-state index in [1.54, 1.807) is 12.3 Å². The fraction of sp³-hybridized carbons (Fsp3) is 0.312. The minimum atomic E-state index is -0.603. The Hall–Kier alpha value is -3.21. The molecule has 0 bridgehead atoms. The first kappa shape index (κ1) is 18.6. The number of amides is 3. The molecule has 1 unspecified atom stereocenters. The van der Waals surface area contributed by atoms with Crippen LogP contribution in [0.2, 0.25) is 0 Å². The first-order chi connectivity index (χ1) is 13.0. The molecular weight excluding hydrogens is 372 g/mol. The van der Waals surface area contributed by atoms with Crippen molar-refractivity contribution in [2.45, 2.75) is 26.3 Å². The molecule has 0 fully saturated rings. The number of anilines is 1. The predicted octanol–water partition coefficient (Wildman–Crippen LogP) is 0.805. The highest BCUT2D eigenvalue weighted by Crippen LogP contribution is 2.18. The highest BCUT2D eigenvalue weighted by Gasteiger charge is 2.18. The lowest BCUT2D eigenvalue weighted by atomic mass is 10.1. The zero-order valence-electron chi connectivity index (χ0n) is 14.3. The van der Waals surface area contributed by atoms with Crippen molar-refractivity contribution in [3.05, 3.63) is 35.0 Å². The molecule has 0 spiro atoms. The molecule has 3 heterocycles. The number of aromatic nitrogens is 3. The molecule has 0 radical (unpaired) electrons. The summed E-state index contributed by atoms with van der Waals surface area (Å²) >= 11 is 1.26. The van der Waals surface area contributed by atoms with Crippen LogP contribution >= 0.6 is 11.3 Å². The summed E-state index contributed by atoms with van der Waals surface area (Å²) in [7, 11) is 0. The van der Waals surface area contributed by atoms with Crippen molar-refractivity contribution in [2.24, 2.45) is 10.9 Å². The van der Waals surface area contributed by atoms with Crippen molar-refractivity contribution in [3.8, 4) is 0 Å². The molecule has 0 aromatic carbocycles. The largest absolute Gasteiger partial charge is 0.424 e. The second-order valence-corrected chi connectivity index (χ2v) is 6.48. The van der Waals surface area contributed by atoms with Gasteiger partial charge < -0.3 is 15.1 Å². The van der Waals surface area contributed by atoms with Crippen molar-refractivity contribution in [3.63, 3.8) is 0 Å². The van der Waals surface area contributed by atoms with Crippen LogP contribution in [-0.4, -0.2) is 39.1 Å². The van der Waals surface area contributed by atoms with Crippen molar-refractivity contribution in [1.82, 2.24) is 20.5 Å². The number of rotatable bonds is 7. The van der Waals surface area contributed by atoms with Crippen LogP contribution in [0, 0.1) is 12.8 Å². The van der Waals surface area contributed by atoms with Crippen molar-refractivity contribution in [1.29, 1.82) is 0 Å². The van der Waals surface area contributed by atoms with Crippen LogP contribution in [-0.2, 0) is 27.3 Å². The van der Waals surface area contributed by atoms with E-state index in [0.717, 1.165) is 0 Å². The number of hydrogen-bond donors (Lipinski definition) is 2. The van der Waals surface area contributed by atoms with E-state index >= 15 is 0 Å². The molecule has 1 aliphatic rings. The van der Waals surface area contributed by atoms with E-state index < -0.39 is 5.92 Å². The van der Waals surface area contributed by atoms with Gasteiger partial charge in [0.1, 0.15) is 0 Å². The van der Waals surface area contributed by atoms with E-state index in [1.807, 2.05) is 0 Å². The van der Waals surface area contributed by atoms with Crippen LogP contribution in [0.5, 0.6) is 0 Å². The zero-order valence-corrected chi connectivity index (χ0v) is 15.2. The average Bonchev–Trinajstić information content (AvgIpc) is 3.27. The molecule has 27 heavy (non-hydrogen) atoms. The quantitative estimate of drug-likeness (QED) is 0.715. The minimum absolute atomic E-state index is 0.169. The summed E-state index contributed by atoms with van der Waals surface area (Å²) in [6.45, 7) is 1.85. The van der Waals surface area contributed by atoms with Crippen LogP contribution < -0.4 is 10.6 Å². The van der Waals surface area contributed by atoms with E-state index in [4.69, 9.17) is 4.42 Å². The van der Waals surface area contributed by atoms with Crippen molar-refractivity contribution < 1.29 is 18.8 Å². The number of carbonyl (C=O) groups is 3. The molecule has 140 valence electrons. The van der Waals surface area contributed by atoms with E-state index in [1.165, 1.54) is 29.7 Å². The van der Waals surface area contributed by atoms with E-state index in [2.05, 4.69) is 30.8 Å². The summed E-state index contributed by atoms with van der Waals surface area (Å²) in [6, 6.07) is 0. The molecule has 1 aliphatic heterocycles. The van der Waals surface area contributed by atoms with Gasteiger partial charge in [-0.15, -0.1) is 21.5 Å². The van der Waals surface area contributed by atoms with Gasteiger partial charge in [-0.2, -0.15) is 0 Å². The molecule has 11 heteroatoms. The fourth-order valence-electron chi connectivity index (χ4n) is 2.17. The van der Waals surface area contributed by atoms with Crippen LogP contribution in [0.3, 0.4) is 0 Å². The van der Waals surface area contributed by atoms with Gasteiger partial charge in [-0.3, -0.25) is 14.4 Å². The number of nitrogens with one attached hydrogen (secondary N) is 2. The number of thiazole rings is 1. The van der Waals surface area contributed by atoms with Gasteiger partial charge in [-0.05, 0) is 6.42 Å². The third-order valence-corrected chi connectivity index (χ3v) is 4.31. The molecule has 1 atom stereocenters. The fourth-order valence-corrected chi connectivity index (χ4v) is 2.92.